The number of ether oxygens (including phenoxy) is 2. The Hall–Kier alpha value is -2.45. The van der Waals surface area contributed by atoms with E-state index in [4.69, 9.17) is 49.3 Å². The summed E-state index contributed by atoms with van der Waals surface area (Å²) in [5.74, 6) is 1.87. The SMILES string of the molecule is COc1ccc(N2C(=O)C(=Cc3ccc(-c4cc(Cl)ccc4Cl)o3)SC2=S)c(OC)c1. The van der Waals surface area contributed by atoms with E-state index in [9.17, 15) is 4.79 Å². The first kappa shape index (κ1) is 21.8. The summed E-state index contributed by atoms with van der Waals surface area (Å²) < 4.78 is 16.9. The summed E-state index contributed by atoms with van der Waals surface area (Å²) in [5, 5.41) is 1.06. The molecule has 1 amide bonds. The smallest absolute Gasteiger partial charge is 0.271 e. The lowest BCUT2D eigenvalue weighted by Gasteiger charge is -2.18. The Morgan fingerprint density at radius 1 is 1.06 bits per heavy atom. The van der Waals surface area contributed by atoms with Crippen molar-refractivity contribution in [2.24, 2.45) is 0 Å². The molecule has 1 aromatic heterocycles. The van der Waals surface area contributed by atoms with Crippen LogP contribution in [-0.4, -0.2) is 24.4 Å². The van der Waals surface area contributed by atoms with E-state index in [1.165, 1.54) is 23.8 Å². The normalized spacial score (nSPS) is 15.1. The summed E-state index contributed by atoms with van der Waals surface area (Å²) >= 11 is 19.0. The molecule has 9 heteroatoms. The van der Waals surface area contributed by atoms with Crippen molar-refractivity contribution < 1.29 is 18.7 Å². The van der Waals surface area contributed by atoms with Crippen LogP contribution in [0.25, 0.3) is 17.4 Å². The summed E-state index contributed by atoms with van der Waals surface area (Å²) in [4.78, 5) is 15.0. The predicted octanol–water partition coefficient (Wildman–Crippen LogP) is 6.68. The fourth-order valence-electron chi connectivity index (χ4n) is 3.04. The second kappa shape index (κ2) is 8.96. The number of benzene rings is 2. The molecular weight excluding hydrogens is 477 g/mol. The topological polar surface area (TPSA) is 51.9 Å². The molecule has 0 N–H and O–H groups in total. The summed E-state index contributed by atoms with van der Waals surface area (Å²) in [6.45, 7) is 0. The lowest BCUT2D eigenvalue weighted by Crippen LogP contribution is -2.27. The first-order valence-electron chi connectivity index (χ1n) is 8.96. The first-order chi connectivity index (χ1) is 14.9. The van der Waals surface area contributed by atoms with Crippen molar-refractivity contribution in [3.05, 3.63) is 69.2 Å². The number of nitrogens with zero attached hydrogens (tertiary/aromatic N) is 1. The van der Waals surface area contributed by atoms with E-state index in [-0.39, 0.29) is 5.91 Å². The lowest BCUT2D eigenvalue weighted by molar-refractivity contribution is -0.113. The first-order valence-corrected chi connectivity index (χ1v) is 10.9. The lowest BCUT2D eigenvalue weighted by atomic mass is 10.2. The van der Waals surface area contributed by atoms with Crippen molar-refractivity contribution in [2.45, 2.75) is 0 Å². The average Bonchev–Trinajstić information content (AvgIpc) is 3.33. The molecule has 4 rings (SSSR count). The Bertz CT molecular complexity index is 1220. The molecule has 0 unspecified atom stereocenters. The highest BCUT2D eigenvalue weighted by Crippen LogP contribution is 2.41. The van der Waals surface area contributed by atoms with Crippen LogP contribution in [0.15, 0.2) is 57.9 Å². The third-order valence-electron chi connectivity index (χ3n) is 4.52. The quantitative estimate of drug-likeness (QED) is 0.293. The monoisotopic (exact) mass is 491 g/mol. The molecule has 2 aromatic carbocycles. The molecule has 3 aromatic rings. The van der Waals surface area contributed by atoms with E-state index < -0.39 is 0 Å². The molecule has 158 valence electrons. The van der Waals surface area contributed by atoms with E-state index >= 15 is 0 Å². The predicted molar refractivity (Wildman–Crippen MR) is 129 cm³/mol. The number of methoxy groups -OCH3 is 2. The zero-order chi connectivity index (χ0) is 22.1. The molecular formula is C22H15Cl2NO4S2. The Kier molecular flexibility index (Phi) is 6.29. The van der Waals surface area contributed by atoms with Crippen LogP contribution in [0.3, 0.4) is 0 Å². The minimum absolute atomic E-state index is 0.266. The molecule has 5 nitrogen and oxygen atoms in total. The second-order valence-corrected chi connectivity index (χ2v) is 8.90. The maximum Gasteiger partial charge on any atom is 0.271 e. The zero-order valence-electron chi connectivity index (χ0n) is 16.3. The van der Waals surface area contributed by atoms with Gasteiger partial charge in [-0.25, -0.2) is 0 Å². The third kappa shape index (κ3) is 4.32. The van der Waals surface area contributed by atoms with Gasteiger partial charge in [-0.2, -0.15) is 0 Å². The van der Waals surface area contributed by atoms with Crippen LogP contribution in [0, 0.1) is 0 Å². The van der Waals surface area contributed by atoms with Gasteiger partial charge < -0.3 is 13.9 Å². The van der Waals surface area contributed by atoms with Crippen LogP contribution < -0.4 is 14.4 Å². The number of halogens is 2. The maximum atomic E-state index is 13.1. The van der Waals surface area contributed by atoms with Crippen LogP contribution >= 0.6 is 47.2 Å². The van der Waals surface area contributed by atoms with Crippen LogP contribution in [0.4, 0.5) is 5.69 Å². The van der Waals surface area contributed by atoms with Crippen LogP contribution in [0.1, 0.15) is 5.76 Å². The summed E-state index contributed by atoms with van der Waals surface area (Å²) in [6, 6.07) is 13.8. The van der Waals surface area contributed by atoms with Gasteiger partial charge in [-0.05, 0) is 42.5 Å². The van der Waals surface area contributed by atoms with Crippen molar-refractivity contribution in [2.75, 3.05) is 19.1 Å². The summed E-state index contributed by atoms with van der Waals surface area (Å²) in [7, 11) is 3.09. The van der Waals surface area contributed by atoms with E-state index in [1.54, 1.807) is 61.7 Å². The van der Waals surface area contributed by atoms with Gasteiger partial charge in [0, 0.05) is 22.7 Å². The largest absolute Gasteiger partial charge is 0.497 e. The zero-order valence-corrected chi connectivity index (χ0v) is 19.5. The Labute approximate surface area is 198 Å². The van der Waals surface area contributed by atoms with E-state index in [2.05, 4.69) is 0 Å². The standard InChI is InChI=1S/C22H15Cl2NO4S2/c1-27-13-4-7-17(19(10-13)28-2)25-21(26)20(31-22(25)30)11-14-5-8-18(29-14)15-9-12(23)3-6-16(15)24/h3-11H,1-2H3. The average molecular weight is 492 g/mol. The maximum absolute atomic E-state index is 13.1. The molecule has 0 aliphatic carbocycles. The number of rotatable bonds is 5. The molecule has 31 heavy (non-hydrogen) atoms. The molecule has 0 radical (unpaired) electrons. The van der Waals surface area contributed by atoms with Gasteiger partial charge >= 0.3 is 0 Å². The summed E-state index contributed by atoms with van der Waals surface area (Å²) in [6.07, 6.45) is 1.65. The third-order valence-corrected chi connectivity index (χ3v) is 6.38. The fourth-order valence-corrected chi connectivity index (χ4v) is 4.68. The Balaban J connectivity index is 1.64. The van der Waals surface area contributed by atoms with Gasteiger partial charge in [0.2, 0.25) is 0 Å². The molecule has 0 spiro atoms. The number of thioether (sulfide) groups is 1. The number of furan rings is 1. The molecule has 2 heterocycles. The molecule has 0 saturated carbocycles. The van der Waals surface area contributed by atoms with E-state index in [1.807, 2.05) is 0 Å². The fraction of sp³-hybridized carbons (Fsp3) is 0.0909. The van der Waals surface area contributed by atoms with Gasteiger partial charge in [0.15, 0.2) is 4.32 Å². The number of hydrogen-bond acceptors (Lipinski definition) is 6. The number of hydrogen-bond donors (Lipinski definition) is 0. The summed E-state index contributed by atoms with van der Waals surface area (Å²) in [5.41, 5.74) is 1.21. The minimum Gasteiger partial charge on any atom is -0.497 e. The minimum atomic E-state index is -0.266. The van der Waals surface area contributed by atoms with Crippen molar-refractivity contribution >= 4 is 69.2 Å². The van der Waals surface area contributed by atoms with Crippen LogP contribution in [0.2, 0.25) is 10.0 Å². The highest BCUT2D eigenvalue weighted by atomic mass is 35.5. The second-order valence-electron chi connectivity index (χ2n) is 6.38. The van der Waals surface area contributed by atoms with Gasteiger partial charge in [-0.3, -0.25) is 9.69 Å². The molecule has 1 aliphatic heterocycles. The number of anilines is 1. The highest BCUT2D eigenvalue weighted by Gasteiger charge is 2.35. The van der Waals surface area contributed by atoms with Crippen molar-refractivity contribution in [3.63, 3.8) is 0 Å². The van der Waals surface area contributed by atoms with Crippen molar-refractivity contribution in [1.29, 1.82) is 0 Å². The van der Waals surface area contributed by atoms with Crippen LogP contribution in [-0.2, 0) is 4.79 Å². The van der Waals surface area contributed by atoms with Crippen molar-refractivity contribution in [1.82, 2.24) is 0 Å². The van der Waals surface area contributed by atoms with Gasteiger partial charge in [0.25, 0.3) is 5.91 Å². The number of thiocarbonyl (C=S) groups is 1. The number of carbonyl (C=O) groups is 1. The molecule has 1 saturated heterocycles. The molecule has 1 aliphatic rings. The molecule has 0 atom stereocenters. The number of amides is 1. The molecule has 1 fully saturated rings. The Morgan fingerprint density at radius 3 is 2.61 bits per heavy atom. The van der Waals surface area contributed by atoms with Crippen molar-refractivity contribution in [3.8, 4) is 22.8 Å². The van der Waals surface area contributed by atoms with E-state index in [0.29, 0.717) is 53.5 Å². The van der Waals surface area contributed by atoms with Gasteiger partial charge in [-0.15, -0.1) is 0 Å². The van der Waals surface area contributed by atoms with Gasteiger partial charge in [0.05, 0.1) is 29.8 Å². The molecule has 0 bridgehead atoms. The Morgan fingerprint density at radius 2 is 1.87 bits per heavy atom. The van der Waals surface area contributed by atoms with Gasteiger partial charge in [0.1, 0.15) is 23.0 Å². The number of carbonyl (C=O) groups excluding carboxylic acids is 1. The van der Waals surface area contributed by atoms with E-state index in [0.717, 1.165) is 0 Å². The van der Waals surface area contributed by atoms with Gasteiger partial charge in [-0.1, -0.05) is 47.2 Å². The van der Waals surface area contributed by atoms with Crippen LogP contribution in [0.5, 0.6) is 11.5 Å². The highest BCUT2D eigenvalue weighted by molar-refractivity contribution is 8.27.